The number of piperidine rings is 1. The number of hydrogen-bond donors (Lipinski definition) is 1. The quantitative estimate of drug-likeness (QED) is 0.811. The van der Waals surface area contributed by atoms with Crippen LogP contribution in [0.4, 0.5) is 0 Å². The van der Waals surface area contributed by atoms with Crippen LogP contribution in [0.25, 0.3) is 0 Å². The van der Waals surface area contributed by atoms with Gasteiger partial charge in [-0.05, 0) is 19.8 Å². The Labute approximate surface area is 106 Å². The molecule has 2 N–H and O–H groups in total. The number of rotatable bonds is 2. The van der Waals surface area contributed by atoms with Gasteiger partial charge in [-0.2, -0.15) is 5.10 Å². The second-order valence-electron chi connectivity index (χ2n) is 5.16. The Hall–Kier alpha value is -1.85. The zero-order valence-corrected chi connectivity index (χ0v) is 10.7. The zero-order valence-electron chi connectivity index (χ0n) is 10.7. The number of nitrogens with zero attached hydrogens (tertiary/aromatic N) is 3. The molecule has 1 aliphatic rings. The van der Waals surface area contributed by atoms with E-state index in [1.54, 1.807) is 29.0 Å². The standard InChI is InChI=1S/C12H18N4O2/c1-12(11(13)18)4-3-5-16(8-12)10(17)9-6-14-15(2)7-9/h6-7H,3-5,8H2,1-2H3,(H2,13,18)/t12-/m0/s1. The topological polar surface area (TPSA) is 81.2 Å². The molecule has 6 heteroatoms. The molecule has 1 aliphatic heterocycles. The first kappa shape index (κ1) is 12.6. The molecule has 18 heavy (non-hydrogen) atoms. The number of aromatic nitrogens is 2. The summed E-state index contributed by atoms with van der Waals surface area (Å²) in [5.41, 5.74) is 5.35. The molecule has 1 atom stereocenters. The van der Waals surface area contributed by atoms with Crippen LogP contribution in [0.15, 0.2) is 12.4 Å². The van der Waals surface area contributed by atoms with Crippen LogP contribution in [0.1, 0.15) is 30.1 Å². The van der Waals surface area contributed by atoms with E-state index in [2.05, 4.69) is 5.10 Å². The van der Waals surface area contributed by atoms with Crippen molar-refractivity contribution in [2.24, 2.45) is 18.2 Å². The summed E-state index contributed by atoms with van der Waals surface area (Å²) in [5.74, 6) is -0.429. The minimum Gasteiger partial charge on any atom is -0.369 e. The van der Waals surface area contributed by atoms with Crippen LogP contribution in [0.5, 0.6) is 0 Å². The van der Waals surface area contributed by atoms with Crippen LogP contribution in [-0.2, 0) is 11.8 Å². The highest BCUT2D eigenvalue weighted by Crippen LogP contribution is 2.29. The largest absolute Gasteiger partial charge is 0.369 e. The Bertz CT molecular complexity index is 482. The van der Waals surface area contributed by atoms with Gasteiger partial charge in [-0.15, -0.1) is 0 Å². The fraction of sp³-hybridized carbons (Fsp3) is 0.583. The SMILES string of the molecule is Cn1cc(C(=O)N2CCC[C@](C)(C(N)=O)C2)cn1. The van der Waals surface area contributed by atoms with Gasteiger partial charge < -0.3 is 10.6 Å². The summed E-state index contributed by atoms with van der Waals surface area (Å²) in [7, 11) is 1.76. The molecule has 1 aromatic rings. The van der Waals surface area contributed by atoms with Crippen molar-refractivity contribution in [2.45, 2.75) is 19.8 Å². The number of likely N-dealkylation sites (tertiary alicyclic amines) is 1. The van der Waals surface area contributed by atoms with E-state index in [0.717, 1.165) is 12.8 Å². The molecule has 0 spiro atoms. The maximum atomic E-state index is 12.2. The van der Waals surface area contributed by atoms with E-state index in [1.165, 1.54) is 0 Å². The zero-order chi connectivity index (χ0) is 13.3. The minimum absolute atomic E-state index is 0.0877. The lowest BCUT2D eigenvalue weighted by molar-refractivity contribution is -0.129. The first-order valence-corrected chi connectivity index (χ1v) is 6.00. The molecule has 0 saturated carbocycles. The minimum atomic E-state index is -0.615. The predicted molar refractivity (Wildman–Crippen MR) is 65.6 cm³/mol. The summed E-state index contributed by atoms with van der Waals surface area (Å²) >= 11 is 0. The van der Waals surface area contributed by atoms with E-state index in [9.17, 15) is 9.59 Å². The van der Waals surface area contributed by atoms with E-state index in [0.29, 0.717) is 18.7 Å². The Morgan fingerprint density at radius 1 is 1.50 bits per heavy atom. The van der Waals surface area contributed by atoms with Crippen LogP contribution in [0.3, 0.4) is 0 Å². The molecule has 98 valence electrons. The number of carbonyl (C=O) groups is 2. The van der Waals surface area contributed by atoms with Crippen molar-refractivity contribution >= 4 is 11.8 Å². The van der Waals surface area contributed by atoms with Crippen LogP contribution in [0, 0.1) is 5.41 Å². The average molecular weight is 250 g/mol. The summed E-state index contributed by atoms with van der Waals surface area (Å²) in [5, 5.41) is 3.98. The molecule has 2 heterocycles. The number of primary amides is 1. The number of amides is 2. The molecule has 0 aromatic carbocycles. The van der Waals surface area contributed by atoms with Crippen molar-refractivity contribution in [3.63, 3.8) is 0 Å². The number of nitrogens with two attached hydrogens (primary N) is 1. The van der Waals surface area contributed by atoms with E-state index < -0.39 is 5.41 Å². The molecule has 0 unspecified atom stereocenters. The number of hydrogen-bond acceptors (Lipinski definition) is 3. The molecule has 2 rings (SSSR count). The molecule has 1 fully saturated rings. The fourth-order valence-corrected chi connectivity index (χ4v) is 2.33. The average Bonchev–Trinajstić information content (AvgIpc) is 2.75. The van der Waals surface area contributed by atoms with Gasteiger partial charge in [0, 0.05) is 26.3 Å². The van der Waals surface area contributed by atoms with E-state index >= 15 is 0 Å². The predicted octanol–water partition coefficient (Wildman–Crippen LogP) is 0.148. The number of carbonyl (C=O) groups excluding carboxylic acids is 2. The van der Waals surface area contributed by atoms with Crippen molar-refractivity contribution in [1.29, 1.82) is 0 Å². The lowest BCUT2D eigenvalue weighted by atomic mass is 9.81. The first-order valence-electron chi connectivity index (χ1n) is 6.00. The molecule has 0 aliphatic carbocycles. The van der Waals surface area contributed by atoms with Gasteiger partial charge in [0.1, 0.15) is 0 Å². The van der Waals surface area contributed by atoms with E-state index in [4.69, 9.17) is 5.73 Å². The fourth-order valence-electron chi connectivity index (χ4n) is 2.33. The van der Waals surface area contributed by atoms with Crippen molar-refractivity contribution in [3.05, 3.63) is 18.0 Å². The summed E-state index contributed by atoms with van der Waals surface area (Å²) in [6.45, 7) is 2.87. The molecular weight excluding hydrogens is 232 g/mol. The van der Waals surface area contributed by atoms with Gasteiger partial charge in [-0.1, -0.05) is 0 Å². The van der Waals surface area contributed by atoms with Gasteiger partial charge >= 0.3 is 0 Å². The van der Waals surface area contributed by atoms with Crippen LogP contribution in [0.2, 0.25) is 0 Å². The Kier molecular flexibility index (Phi) is 3.11. The maximum absolute atomic E-state index is 12.2. The Morgan fingerprint density at radius 2 is 2.22 bits per heavy atom. The highest BCUT2D eigenvalue weighted by atomic mass is 16.2. The number of aryl methyl sites for hydroxylation is 1. The second kappa shape index (κ2) is 4.44. The van der Waals surface area contributed by atoms with Crippen molar-refractivity contribution in [2.75, 3.05) is 13.1 Å². The second-order valence-corrected chi connectivity index (χ2v) is 5.16. The van der Waals surface area contributed by atoms with Gasteiger partial charge in [-0.3, -0.25) is 14.3 Å². The summed E-state index contributed by atoms with van der Waals surface area (Å²) in [6.07, 6.45) is 4.75. The smallest absolute Gasteiger partial charge is 0.257 e. The first-order chi connectivity index (χ1) is 8.42. The maximum Gasteiger partial charge on any atom is 0.257 e. The third-order valence-electron chi connectivity index (χ3n) is 3.53. The Balaban J connectivity index is 2.14. The van der Waals surface area contributed by atoms with Gasteiger partial charge in [0.2, 0.25) is 5.91 Å². The highest BCUT2D eigenvalue weighted by molar-refractivity contribution is 5.94. The lowest BCUT2D eigenvalue weighted by Crippen LogP contribution is -2.50. The molecular formula is C12H18N4O2. The van der Waals surface area contributed by atoms with Crippen molar-refractivity contribution in [1.82, 2.24) is 14.7 Å². The highest BCUT2D eigenvalue weighted by Gasteiger charge is 2.38. The normalized spacial score (nSPS) is 24.0. The third kappa shape index (κ3) is 2.23. The van der Waals surface area contributed by atoms with Crippen molar-refractivity contribution in [3.8, 4) is 0 Å². The van der Waals surface area contributed by atoms with Gasteiger partial charge in [0.15, 0.2) is 0 Å². The van der Waals surface area contributed by atoms with Gasteiger partial charge in [-0.25, -0.2) is 0 Å². The Morgan fingerprint density at radius 3 is 2.78 bits per heavy atom. The van der Waals surface area contributed by atoms with Gasteiger partial charge in [0.25, 0.3) is 5.91 Å². The summed E-state index contributed by atoms with van der Waals surface area (Å²) < 4.78 is 1.59. The van der Waals surface area contributed by atoms with Crippen molar-refractivity contribution < 1.29 is 9.59 Å². The van der Waals surface area contributed by atoms with Crippen LogP contribution < -0.4 is 5.73 Å². The van der Waals surface area contributed by atoms with Crippen LogP contribution in [-0.4, -0.2) is 39.6 Å². The lowest BCUT2D eigenvalue weighted by Gasteiger charge is -2.38. The molecule has 2 amide bonds. The third-order valence-corrected chi connectivity index (χ3v) is 3.53. The monoisotopic (exact) mass is 250 g/mol. The molecule has 1 saturated heterocycles. The summed E-state index contributed by atoms with van der Waals surface area (Å²) in [4.78, 5) is 25.4. The van der Waals surface area contributed by atoms with Crippen LogP contribution >= 0.6 is 0 Å². The molecule has 1 aromatic heterocycles. The molecule has 6 nitrogen and oxygen atoms in total. The van der Waals surface area contributed by atoms with E-state index in [-0.39, 0.29) is 11.8 Å². The van der Waals surface area contributed by atoms with Gasteiger partial charge in [0.05, 0.1) is 17.2 Å². The van der Waals surface area contributed by atoms with E-state index in [1.807, 2.05) is 6.92 Å². The molecule has 0 radical (unpaired) electrons. The molecule has 0 bridgehead atoms. The summed E-state index contributed by atoms with van der Waals surface area (Å²) in [6, 6.07) is 0.